The molecule has 0 radical (unpaired) electrons. The van der Waals surface area contributed by atoms with Crippen LogP contribution in [0, 0.1) is 0 Å². The van der Waals surface area contributed by atoms with Crippen LogP contribution in [0.3, 0.4) is 0 Å². The van der Waals surface area contributed by atoms with Crippen LogP contribution in [0.4, 0.5) is 0 Å². The Labute approximate surface area is 126 Å². The number of carbonyl (C=O) groups is 1. The van der Waals surface area contributed by atoms with Crippen molar-refractivity contribution in [1.82, 2.24) is 5.32 Å². The molecule has 0 spiro atoms. The highest BCUT2D eigenvalue weighted by Gasteiger charge is 2.15. The van der Waals surface area contributed by atoms with Gasteiger partial charge in [-0.15, -0.1) is 0 Å². The van der Waals surface area contributed by atoms with E-state index in [1.807, 2.05) is 6.92 Å². The van der Waals surface area contributed by atoms with Crippen LogP contribution in [0.25, 0.3) is 0 Å². The fraction of sp³-hybridized carbons (Fsp3) is 0.417. The van der Waals surface area contributed by atoms with E-state index >= 15 is 0 Å². The highest BCUT2D eigenvalue weighted by atomic mass is 79.9. The van der Waals surface area contributed by atoms with Crippen molar-refractivity contribution in [2.45, 2.75) is 18.2 Å². The Kier molecular flexibility index (Phi) is 6.60. The molecule has 0 atom stereocenters. The van der Waals surface area contributed by atoms with Crippen LogP contribution in [-0.2, 0) is 14.8 Å². The largest absolute Gasteiger partial charge is 0.382 e. The molecule has 0 saturated heterocycles. The van der Waals surface area contributed by atoms with Gasteiger partial charge in [-0.1, -0.05) is 0 Å². The molecule has 0 aliphatic carbocycles. The molecule has 0 unspecified atom stereocenters. The summed E-state index contributed by atoms with van der Waals surface area (Å²) in [6.45, 7) is 3.55. The Bertz CT molecular complexity index is 575. The number of primary sulfonamides is 1. The highest BCUT2D eigenvalue weighted by Crippen LogP contribution is 2.20. The third-order valence-electron chi connectivity index (χ3n) is 2.47. The summed E-state index contributed by atoms with van der Waals surface area (Å²) in [5, 5.41) is 7.73. The van der Waals surface area contributed by atoms with Gasteiger partial charge in [0, 0.05) is 24.2 Å². The second-order valence-electron chi connectivity index (χ2n) is 3.99. The summed E-state index contributed by atoms with van der Waals surface area (Å²) in [5.74, 6) is -0.362. The molecule has 0 fully saturated rings. The zero-order chi connectivity index (χ0) is 15.2. The van der Waals surface area contributed by atoms with Gasteiger partial charge in [0.2, 0.25) is 10.0 Å². The normalized spacial score (nSPS) is 11.3. The SMILES string of the molecule is CCOCCCNC(=O)c1cc(S(N)(=O)=O)ccc1Br. The number of amides is 1. The van der Waals surface area contributed by atoms with Crippen LogP contribution in [0.5, 0.6) is 0 Å². The lowest BCUT2D eigenvalue weighted by molar-refractivity contribution is 0.0943. The molecular formula is C12H17BrN2O4S. The number of benzene rings is 1. The van der Waals surface area contributed by atoms with Crippen molar-refractivity contribution < 1.29 is 17.9 Å². The molecule has 1 amide bonds. The first-order valence-corrected chi connectivity index (χ1v) is 8.38. The number of sulfonamides is 1. The van der Waals surface area contributed by atoms with Crippen molar-refractivity contribution in [2.24, 2.45) is 5.14 Å². The van der Waals surface area contributed by atoms with E-state index in [4.69, 9.17) is 9.88 Å². The predicted molar refractivity (Wildman–Crippen MR) is 79.0 cm³/mol. The maximum atomic E-state index is 12.0. The van der Waals surface area contributed by atoms with Crippen LogP contribution < -0.4 is 10.5 Å². The minimum atomic E-state index is -3.83. The van der Waals surface area contributed by atoms with Crippen LogP contribution in [0.2, 0.25) is 0 Å². The van der Waals surface area contributed by atoms with Gasteiger partial charge in [0.25, 0.3) is 5.91 Å². The van der Waals surface area contributed by atoms with Crippen molar-refractivity contribution in [2.75, 3.05) is 19.8 Å². The molecule has 0 heterocycles. The molecule has 0 saturated carbocycles. The third kappa shape index (κ3) is 5.20. The molecular weight excluding hydrogens is 348 g/mol. The second-order valence-corrected chi connectivity index (χ2v) is 6.41. The van der Waals surface area contributed by atoms with E-state index in [0.29, 0.717) is 30.7 Å². The summed E-state index contributed by atoms with van der Waals surface area (Å²) < 4.78 is 28.2. The molecule has 1 aromatic rings. The molecule has 8 heteroatoms. The van der Waals surface area contributed by atoms with Crippen molar-refractivity contribution >= 4 is 31.9 Å². The highest BCUT2D eigenvalue weighted by molar-refractivity contribution is 9.10. The monoisotopic (exact) mass is 364 g/mol. The average Bonchev–Trinajstić information content (AvgIpc) is 2.37. The molecule has 0 aliphatic heterocycles. The van der Waals surface area contributed by atoms with Crippen LogP contribution >= 0.6 is 15.9 Å². The summed E-state index contributed by atoms with van der Waals surface area (Å²) in [6.07, 6.45) is 0.687. The Balaban J connectivity index is 2.72. The van der Waals surface area contributed by atoms with Crippen molar-refractivity contribution in [1.29, 1.82) is 0 Å². The smallest absolute Gasteiger partial charge is 0.252 e. The molecule has 112 valence electrons. The zero-order valence-corrected chi connectivity index (χ0v) is 13.5. The minimum absolute atomic E-state index is 0.0971. The van der Waals surface area contributed by atoms with E-state index in [1.54, 1.807) is 0 Å². The van der Waals surface area contributed by atoms with Crippen LogP contribution in [0.15, 0.2) is 27.6 Å². The predicted octanol–water partition coefficient (Wildman–Crippen LogP) is 1.25. The van der Waals surface area contributed by atoms with Gasteiger partial charge in [-0.2, -0.15) is 0 Å². The lowest BCUT2D eigenvalue weighted by Crippen LogP contribution is -2.26. The number of nitrogens with two attached hydrogens (primary N) is 1. The molecule has 6 nitrogen and oxygen atoms in total. The number of hydrogen-bond donors (Lipinski definition) is 2. The number of halogens is 1. The number of hydrogen-bond acceptors (Lipinski definition) is 4. The summed E-state index contributed by atoms with van der Waals surface area (Å²) in [6, 6.07) is 4.07. The summed E-state index contributed by atoms with van der Waals surface area (Å²) in [5.41, 5.74) is 0.230. The van der Waals surface area contributed by atoms with Gasteiger partial charge < -0.3 is 10.1 Å². The van der Waals surface area contributed by atoms with Gasteiger partial charge in [-0.05, 0) is 47.5 Å². The number of nitrogens with one attached hydrogen (secondary N) is 1. The van der Waals surface area contributed by atoms with E-state index in [2.05, 4.69) is 21.2 Å². The Morgan fingerprint density at radius 2 is 2.15 bits per heavy atom. The number of carbonyl (C=O) groups excluding carboxylic acids is 1. The first-order valence-electron chi connectivity index (χ1n) is 6.04. The maximum absolute atomic E-state index is 12.0. The van der Waals surface area contributed by atoms with Gasteiger partial charge in [-0.3, -0.25) is 4.79 Å². The molecule has 0 aliphatic rings. The first kappa shape index (κ1) is 17.1. The third-order valence-corrected chi connectivity index (χ3v) is 4.07. The van der Waals surface area contributed by atoms with Gasteiger partial charge >= 0.3 is 0 Å². The molecule has 1 aromatic carbocycles. The molecule has 3 N–H and O–H groups in total. The van der Waals surface area contributed by atoms with E-state index in [1.165, 1.54) is 18.2 Å². The quantitative estimate of drug-likeness (QED) is 0.711. The number of ether oxygens (including phenoxy) is 1. The molecule has 20 heavy (non-hydrogen) atoms. The van der Waals surface area contributed by atoms with Gasteiger partial charge in [0.1, 0.15) is 0 Å². The summed E-state index contributed by atoms with van der Waals surface area (Å²) >= 11 is 3.21. The molecule has 1 rings (SSSR count). The minimum Gasteiger partial charge on any atom is -0.382 e. The Morgan fingerprint density at radius 1 is 1.45 bits per heavy atom. The van der Waals surface area contributed by atoms with E-state index in [9.17, 15) is 13.2 Å². The fourth-order valence-electron chi connectivity index (χ4n) is 1.47. The van der Waals surface area contributed by atoms with Crippen LogP contribution in [0.1, 0.15) is 23.7 Å². The van der Waals surface area contributed by atoms with Gasteiger partial charge in [0.05, 0.1) is 10.5 Å². The first-order chi connectivity index (χ1) is 9.36. The maximum Gasteiger partial charge on any atom is 0.252 e. The average molecular weight is 365 g/mol. The standard InChI is InChI=1S/C12H17BrN2O4S/c1-2-19-7-3-6-15-12(16)10-8-9(20(14,17)18)4-5-11(10)13/h4-5,8H,2-3,6-7H2,1H3,(H,15,16)(H2,14,17,18). The van der Waals surface area contributed by atoms with Crippen molar-refractivity contribution in [3.05, 3.63) is 28.2 Å². The molecule has 0 bridgehead atoms. The summed E-state index contributed by atoms with van der Waals surface area (Å²) in [7, 11) is -3.83. The van der Waals surface area contributed by atoms with E-state index < -0.39 is 10.0 Å². The van der Waals surface area contributed by atoms with E-state index in [0.717, 1.165) is 0 Å². The van der Waals surface area contributed by atoms with E-state index in [-0.39, 0.29) is 16.4 Å². The Morgan fingerprint density at radius 3 is 2.75 bits per heavy atom. The summed E-state index contributed by atoms with van der Waals surface area (Å²) in [4.78, 5) is 11.9. The lowest BCUT2D eigenvalue weighted by Gasteiger charge is -2.08. The topological polar surface area (TPSA) is 98.5 Å². The van der Waals surface area contributed by atoms with Crippen molar-refractivity contribution in [3.63, 3.8) is 0 Å². The zero-order valence-electron chi connectivity index (χ0n) is 11.1. The molecule has 0 aromatic heterocycles. The number of rotatable bonds is 7. The van der Waals surface area contributed by atoms with Gasteiger partial charge in [0.15, 0.2) is 0 Å². The van der Waals surface area contributed by atoms with Crippen molar-refractivity contribution in [3.8, 4) is 0 Å². The lowest BCUT2D eigenvalue weighted by atomic mass is 10.2. The Hall–Kier alpha value is -0.960. The van der Waals surface area contributed by atoms with Crippen LogP contribution in [-0.4, -0.2) is 34.1 Å². The van der Waals surface area contributed by atoms with Gasteiger partial charge in [-0.25, -0.2) is 13.6 Å². The second kappa shape index (κ2) is 7.72. The fourth-order valence-corrected chi connectivity index (χ4v) is 2.44.